The number of benzene rings is 2. The van der Waals surface area contributed by atoms with E-state index >= 15 is 0 Å². The maximum absolute atomic E-state index is 13.0. The highest BCUT2D eigenvalue weighted by Gasteiger charge is 2.43. The molecule has 12 heteroatoms. The molecule has 0 bridgehead atoms. The summed E-state index contributed by atoms with van der Waals surface area (Å²) in [5.41, 5.74) is 1.26. The zero-order valence-corrected chi connectivity index (χ0v) is 17.9. The van der Waals surface area contributed by atoms with Gasteiger partial charge < -0.3 is 23.4 Å². The summed E-state index contributed by atoms with van der Waals surface area (Å²) in [6.45, 7) is 0. The van der Waals surface area contributed by atoms with Crippen LogP contribution < -0.4 is 18.9 Å². The number of hydrogen-bond donors (Lipinski definition) is 0. The molecule has 0 saturated carbocycles. The zero-order valence-electron chi connectivity index (χ0n) is 17.1. The van der Waals surface area contributed by atoms with Crippen molar-refractivity contribution in [1.82, 2.24) is 10.2 Å². The maximum Gasteiger partial charge on any atom is 0.461 e. The quantitative estimate of drug-likeness (QED) is 0.290. The molecule has 0 unspecified atom stereocenters. The predicted octanol–water partition coefficient (Wildman–Crippen LogP) is 5.29. The molecule has 0 radical (unpaired) electrons. The van der Waals surface area contributed by atoms with E-state index in [1.165, 1.54) is 57.4 Å². The molecule has 0 spiro atoms. The summed E-state index contributed by atoms with van der Waals surface area (Å²) >= 11 is 1.20. The lowest BCUT2D eigenvalue weighted by Gasteiger charge is -2.16. The topological polar surface area (TPSA) is 75.8 Å². The average Bonchev–Trinajstić information content (AvgIpc) is 3.26. The Hall–Kier alpha value is -3.15. The number of aromatic nitrogens is 2. The van der Waals surface area contributed by atoms with Gasteiger partial charge in [-0.3, -0.25) is 0 Å². The van der Waals surface area contributed by atoms with Crippen molar-refractivity contribution in [2.24, 2.45) is 0 Å². The van der Waals surface area contributed by atoms with Crippen LogP contribution in [0.2, 0.25) is 0 Å². The molecule has 1 aromatic heterocycles. The van der Waals surface area contributed by atoms with Crippen LogP contribution in [0.1, 0.15) is 5.56 Å². The second kappa shape index (κ2) is 9.98. The first-order chi connectivity index (χ1) is 15.3. The molecule has 7 nitrogen and oxygen atoms in total. The molecular formula is C20H18F4N2O5S. The molecule has 0 N–H and O–H groups in total. The van der Waals surface area contributed by atoms with Gasteiger partial charge in [0.25, 0.3) is 5.22 Å². The summed E-state index contributed by atoms with van der Waals surface area (Å²) in [4.78, 5) is 0. The maximum atomic E-state index is 13.0. The highest BCUT2D eigenvalue weighted by Crippen LogP contribution is 2.41. The van der Waals surface area contributed by atoms with Crippen LogP contribution in [0.3, 0.4) is 0 Å². The largest absolute Gasteiger partial charge is 0.493 e. The van der Waals surface area contributed by atoms with Crippen LogP contribution in [0.25, 0.3) is 11.5 Å². The van der Waals surface area contributed by atoms with Crippen LogP contribution >= 0.6 is 11.8 Å². The number of rotatable bonds is 10. The molecule has 3 rings (SSSR count). The summed E-state index contributed by atoms with van der Waals surface area (Å²) in [7, 11) is 4.47. The van der Waals surface area contributed by atoms with Gasteiger partial charge in [-0.25, -0.2) is 0 Å². The van der Waals surface area contributed by atoms with Crippen molar-refractivity contribution < 1.29 is 40.9 Å². The number of ether oxygens (including phenoxy) is 4. The van der Waals surface area contributed by atoms with E-state index in [0.717, 1.165) is 0 Å². The molecule has 172 valence electrons. The number of methoxy groups -OCH3 is 3. The number of nitrogens with zero attached hydrogens (tertiary/aromatic N) is 2. The minimum Gasteiger partial charge on any atom is -0.493 e. The van der Waals surface area contributed by atoms with Gasteiger partial charge in [-0.05, 0) is 29.8 Å². The average molecular weight is 474 g/mol. The number of alkyl halides is 4. The Kier molecular flexibility index (Phi) is 7.33. The van der Waals surface area contributed by atoms with E-state index in [9.17, 15) is 17.6 Å². The summed E-state index contributed by atoms with van der Waals surface area (Å²) in [6.07, 6.45) is -8.47. The molecule has 3 aromatic rings. The van der Waals surface area contributed by atoms with Gasteiger partial charge in [-0.1, -0.05) is 23.9 Å². The Labute approximate surface area is 184 Å². The van der Waals surface area contributed by atoms with Gasteiger partial charge in [0.1, 0.15) is 5.75 Å². The summed E-state index contributed by atoms with van der Waals surface area (Å²) in [5.74, 6) is 1.49. The Morgan fingerprint density at radius 3 is 2.12 bits per heavy atom. The van der Waals surface area contributed by atoms with Crippen molar-refractivity contribution >= 4 is 11.8 Å². The van der Waals surface area contributed by atoms with Crippen molar-refractivity contribution in [1.29, 1.82) is 0 Å². The smallest absolute Gasteiger partial charge is 0.461 e. The lowest BCUT2D eigenvalue weighted by Crippen LogP contribution is -2.33. The molecule has 0 amide bonds. The van der Waals surface area contributed by atoms with E-state index in [1.807, 2.05) is 0 Å². The van der Waals surface area contributed by atoms with Crippen LogP contribution in [0, 0.1) is 0 Å². The summed E-state index contributed by atoms with van der Waals surface area (Å²) in [6, 6.07) is 8.64. The molecule has 2 aromatic carbocycles. The fraction of sp³-hybridized carbons (Fsp3) is 0.300. The fourth-order valence-corrected chi connectivity index (χ4v) is 3.31. The lowest BCUT2D eigenvalue weighted by atomic mass is 10.2. The zero-order chi connectivity index (χ0) is 23.3. The first-order valence-corrected chi connectivity index (χ1v) is 9.96. The van der Waals surface area contributed by atoms with Crippen LogP contribution in [0.15, 0.2) is 46.0 Å². The SMILES string of the molecule is COc1cc(-c2nnc(SCc3ccc(OC(F)(F)C(F)F)cc3)o2)cc(OC)c1OC. The molecule has 0 aliphatic heterocycles. The second-order valence-corrected chi connectivity index (χ2v) is 7.11. The molecule has 0 fully saturated rings. The first-order valence-electron chi connectivity index (χ1n) is 8.98. The molecule has 0 aliphatic rings. The Balaban J connectivity index is 1.67. The van der Waals surface area contributed by atoms with Gasteiger partial charge >= 0.3 is 12.5 Å². The normalized spacial score (nSPS) is 11.5. The van der Waals surface area contributed by atoms with Crippen LogP contribution in [0.4, 0.5) is 17.6 Å². The van der Waals surface area contributed by atoms with E-state index in [0.29, 0.717) is 34.1 Å². The predicted molar refractivity (Wildman–Crippen MR) is 107 cm³/mol. The fourth-order valence-electron chi connectivity index (χ4n) is 2.59. The lowest BCUT2D eigenvalue weighted by molar-refractivity contribution is -0.253. The number of thioether (sulfide) groups is 1. The Bertz CT molecular complexity index is 1020. The highest BCUT2D eigenvalue weighted by atomic mass is 32.2. The Morgan fingerprint density at radius 1 is 0.969 bits per heavy atom. The van der Waals surface area contributed by atoms with Crippen molar-refractivity contribution in [3.8, 4) is 34.5 Å². The van der Waals surface area contributed by atoms with Gasteiger partial charge in [-0.15, -0.1) is 10.2 Å². The molecule has 1 heterocycles. The highest BCUT2D eigenvalue weighted by molar-refractivity contribution is 7.98. The van der Waals surface area contributed by atoms with Gasteiger partial charge in [0, 0.05) is 11.3 Å². The third-order valence-corrected chi connectivity index (χ3v) is 5.00. The monoisotopic (exact) mass is 474 g/mol. The van der Waals surface area contributed by atoms with Crippen molar-refractivity contribution in [3.63, 3.8) is 0 Å². The van der Waals surface area contributed by atoms with Gasteiger partial charge in [0.15, 0.2) is 11.5 Å². The van der Waals surface area contributed by atoms with Crippen molar-refractivity contribution in [2.45, 2.75) is 23.5 Å². The van der Waals surface area contributed by atoms with Crippen LogP contribution in [0.5, 0.6) is 23.0 Å². The second-order valence-electron chi connectivity index (χ2n) is 6.18. The van der Waals surface area contributed by atoms with E-state index in [4.69, 9.17) is 18.6 Å². The minimum atomic E-state index is -4.55. The van der Waals surface area contributed by atoms with Crippen LogP contribution in [-0.4, -0.2) is 44.1 Å². The standard InChI is InChI=1S/C20H18F4N2O5S/c1-27-14-8-12(9-15(28-2)16(14)29-3)17-25-26-19(30-17)32-10-11-4-6-13(7-5-11)31-20(23,24)18(21)22/h4-9,18H,10H2,1-3H3. The van der Waals surface area contributed by atoms with Crippen molar-refractivity contribution in [2.75, 3.05) is 21.3 Å². The van der Waals surface area contributed by atoms with E-state index in [2.05, 4.69) is 14.9 Å². The van der Waals surface area contributed by atoms with E-state index < -0.39 is 12.5 Å². The van der Waals surface area contributed by atoms with Gasteiger partial charge in [0.05, 0.1) is 21.3 Å². The first kappa shape index (κ1) is 23.5. The molecule has 0 aliphatic carbocycles. The molecule has 0 saturated heterocycles. The van der Waals surface area contributed by atoms with Gasteiger partial charge in [0.2, 0.25) is 11.6 Å². The number of halogens is 4. The van der Waals surface area contributed by atoms with E-state index in [-0.39, 0.29) is 16.9 Å². The van der Waals surface area contributed by atoms with Gasteiger partial charge in [-0.2, -0.15) is 17.6 Å². The van der Waals surface area contributed by atoms with Crippen molar-refractivity contribution in [3.05, 3.63) is 42.0 Å². The van der Waals surface area contributed by atoms with E-state index in [1.54, 1.807) is 12.1 Å². The third kappa shape index (κ3) is 5.36. The Morgan fingerprint density at radius 2 is 1.59 bits per heavy atom. The minimum absolute atomic E-state index is 0.227. The third-order valence-electron chi connectivity index (χ3n) is 4.11. The summed E-state index contributed by atoms with van der Waals surface area (Å²) < 4.78 is 75.9. The molecule has 32 heavy (non-hydrogen) atoms. The summed E-state index contributed by atoms with van der Waals surface area (Å²) in [5, 5.41) is 8.25. The number of hydrogen-bond acceptors (Lipinski definition) is 8. The molecular weight excluding hydrogens is 456 g/mol. The molecule has 0 atom stereocenters. The van der Waals surface area contributed by atoms with Crippen LogP contribution in [-0.2, 0) is 5.75 Å².